The lowest BCUT2D eigenvalue weighted by atomic mass is 10.5. The van der Waals surface area contributed by atoms with Gasteiger partial charge in [-0.05, 0) is 0 Å². The van der Waals surface area contributed by atoms with Gasteiger partial charge < -0.3 is 0 Å². The van der Waals surface area contributed by atoms with Crippen LogP contribution in [0.3, 0.4) is 0 Å². The summed E-state index contributed by atoms with van der Waals surface area (Å²) < 4.78 is 0. The van der Waals surface area contributed by atoms with Crippen molar-refractivity contribution in [2.24, 2.45) is 0 Å². The summed E-state index contributed by atoms with van der Waals surface area (Å²) in [5.41, 5.74) is 0. The van der Waals surface area contributed by atoms with E-state index >= 15 is 0 Å². The second-order valence-electron chi connectivity index (χ2n) is 1.94. The summed E-state index contributed by atoms with van der Waals surface area (Å²) in [6, 6.07) is 0. The summed E-state index contributed by atoms with van der Waals surface area (Å²) in [6.07, 6.45) is 2.75. The summed E-state index contributed by atoms with van der Waals surface area (Å²) in [5, 5.41) is 6.60. The zero-order valence-electron chi connectivity index (χ0n) is 4.48. The quantitative estimate of drug-likeness (QED) is 0.483. The van der Waals surface area contributed by atoms with Crippen molar-refractivity contribution in [3.05, 3.63) is 11.0 Å². The van der Waals surface area contributed by atoms with E-state index in [1.807, 2.05) is 11.8 Å². The van der Waals surface area contributed by atoms with Crippen LogP contribution in [0.1, 0.15) is 0 Å². The first-order valence-corrected chi connectivity index (χ1v) is 3.75. The maximum absolute atomic E-state index is 3.30. The summed E-state index contributed by atoms with van der Waals surface area (Å²) in [7, 11) is 0. The average molecular weight is 128 g/mol. The third-order valence-electron chi connectivity index (χ3n) is 1.44. The molecule has 0 aliphatic carbocycles. The highest BCUT2D eigenvalue weighted by Gasteiger charge is 2.22. The van der Waals surface area contributed by atoms with Crippen molar-refractivity contribution in [1.29, 1.82) is 0 Å². The van der Waals surface area contributed by atoms with E-state index in [1.54, 1.807) is 0 Å². The molecule has 2 N–H and O–H groups in total. The highest BCUT2D eigenvalue weighted by atomic mass is 32.2. The van der Waals surface area contributed by atoms with Crippen molar-refractivity contribution >= 4 is 11.8 Å². The third kappa shape index (κ3) is 0.589. The maximum Gasteiger partial charge on any atom is 0.0902 e. The van der Waals surface area contributed by atoms with E-state index in [9.17, 15) is 0 Å². The Hall–Kier alpha value is 0.01000. The lowest BCUT2D eigenvalue weighted by Crippen LogP contribution is -2.34. The molecule has 2 nitrogen and oxygen atoms in total. The summed E-state index contributed by atoms with van der Waals surface area (Å²) >= 11 is 1.90. The van der Waals surface area contributed by atoms with Crippen LogP contribution in [0.2, 0.25) is 0 Å². The van der Waals surface area contributed by atoms with Crippen molar-refractivity contribution in [3.8, 4) is 0 Å². The SMILES string of the molecule is C1=C2SCNC2NC1. The zero-order chi connectivity index (χ0) is 5.40. The van der Waals surface area contributed by atoms with E-state index < -0.39 is 0 Å². The van der Waals surface area contributed by atoms with E-state index in [0.717, 1.165) is 12.4 Å². The molecule has 0 spiro atoms. The monoisotopic (exact) mass is 128 g/mol. The molecule has 0 bridgehead atoms. The molecule has 0 radical (unpaired) electrons. The van der Waals surface area contributed by atoms with Gasteiger partial charge >= 0.3 is 0 Å². The Balaban J connectivity index is 2.20. The third-order valence-corrected chi connectivity index (χ3v) is 2.48. The number of hydrogen-bond acceptors (Lipinski definition) is 3. The van der Waals surface area contributed by atoms with Crippen molar-refractivity contribution < 1.29 is 0 Å². The van der Waals surface area contributed by atoms with Gasteiger partial charge in [-0.2, -0.15) is 0 Å². The van der Waals surface area contributed by atoms with Gasteiger partial charge in [0.1, 0.15) is 0 Å². The van der Waals surface area contributed by atoms with Crippen LogP contribution in [0, 0.1) is 0 Å². The zero-order valence-corrected chi connectivity index (χ0v) is 5.29. The van der Waals surface area contributed by atoms with Crippen molar-refractivity contribution in [3.63, 3.8) is 0 Å². The molecule has 1 unspecified atom stereocenters. The molecule has 2 rings (SSSR count). The predicted octanol–water partition coefficient (Wildman–Crippen LogP) is 0.0935. The van der Waals surface area contributed by atoms with Crippen molar-refractivity contribution in [2.45, 2.75) is 6.17 Å². The van der Waals surface area contributed by atoms with Gasteiger partial charge in [0, 0.05) is 17.3 Å². The molecule has 0 aromatic carbocycles. The van der Waals surface area contributed by atoms with Crippen molar-refractivity contribution in [1.82, 2.24) is 10.6 Å². The molecule has 1 saturated heterocycles. The fourth-order valence-electron chi connectivity index (χ4n) is 1.02. The first-order valence-electron chi connectivity index (χ1n) is 2.76. The van der Waals surface area contributed by atoms with Gasteiger partial charge in [-0.15, -0.1) is 11.8 Å². The normalized spacial score (nSPS) is 35.0. The highest BCUT2D eigenvalue weighted by molar-refractivity contribution is 8.03. The lowest BCUT2D eigenvalue weighted by Gasteiger charge is -2.02. The van der Waals surface area contributed by atoms with E-state index in [1.165, 1.54) is 4.91 Å². The Kier molecular flexibility index (Phi) is 1.06. The number of rotatable bonds is 0. The van der Waals surface area contributed by atoms with Crippen molar-refractivity contribution in [2.75, 3.05) is 12.4 Å². The lowest BCUT2D eigenvalue weighted by molar-refractivity contribution is 0.591. The maximum atomic E-state index is 3.30. The Bertz CT molecular complexity index is 132. The fraction of sp³-hybridized carbons (Fsp3) is 0.600. The number of thioether (sulfide) groups is 1. The van der Waals surface area contributed by atoms with Crippen LogP contribution in [0.15, 0.2) is 11.0 Å². The molecule has 44 valence electrons. The molecule has 1 atom stereocenters. The standard InChI is InChI=1S/C5H8N2S/c1-2-6-5-4(1)8-3-7-5/h1,5-7H,2-3H2. The molecular weight excluding hydrogens is 120 g/mol. The van der Waals surface area contributed by atoms with Gasteiger partial charge in [0.2, 0.25) is 0 Å². The Morgan fingerprint density at radius 3 is 3.50 bits per heavy atom. The van der Waals surface area contributed by atoms with Gasteiger partial charge in [-0.1, -0.05) is 6.08 Å². The molecule has 8 heavy (non-hydrogen) atoms. The second kappa shape index (κ2) is 1.76. The topological polar surface area (TPSA) is 24.1 Å². The summed E-state index contributed by atoms with van der Waals surface area (Å²) in [5.74, 6) is 1.07. The molecule has 2 aliphatic rings. The molecule has 0 aromatic rings. The molecular formula is C5H8N2S. The Labute approximate surface area is 52.7 Å². The minimum Gasteiger partial charge on any atom is -0.294 e. The van der Waals surface area contributed by atoms with Crippen LogP contribution in [0.4, 0.5) is 0 Å². The van der Waals surface area contributed by atoms with Gasteiger partial charge in [0.05, 0.1) is 6.17 Å². The van der Waals surface area contributed by atoms with Gasteiger partial charge in [0.25, 0.3) is 0 Å². The van der Waals surface area contributed by atoms with Crippen LogP contribution in [0.5, 0.6) is 0 Å². The van der Waals surface area contributed by atoms with Crippen LogP contribution in [-0.2, 0) is 0 Å². The van der Waals surface area contributed by atoms with Crippen LogP contribution < -0.4 is 10.6 Å². The molecule has 1 fully saturated rings. The van der Waals surface area contributed by atoms with Gasteiger partial charge in [-0.3, -0.25) is 10.6 Å². The average Bonchev–Trinajstić information content (AvgIpc) is 2.15. The molecule has 2 heterocycles. The Morgan fingerprint density at radius 2 is 2.62 bits per heavy atom. The molecule has 3 heteroatoms. The summed E-state index contributed by atoms with van der Waals surface area (Å²) in [6.45, 7) is 1.04. The molecule has 0 saturated carbocycles. The van der Waals surface area contributed by atoms with E-state index in [2.05, 4.69) is 16.7 Å². The number of fused-ring (bicyclic) bond motifs is 1. The second-order valence-corrected chi connectivity index (χ2v) is 2.99. The first kappa shape index (κ1) is 4.85. The Morgan fingerprint density at radius 1 is 1.62 bits per heavy atom. The largest absolute Gasteiger partial charge is 0.294 e. The minimum atomic E-state index is 0.500. The van der Waals surface area contributed by atoms with Crippen LogP contribution in [0.25, 0.3) is 0 Å². The number of nitrogens with one attached hydrogen (secondary N) is 2. The molecule has 0 amide bonds. The predicted molar refractivity (Wildman–Crippen MR) is 35.5 cm³/mol. The van der Waals surface area contributed by atoms with Gasteiger partial charge in [0.15, 0.2) is 0 Å². The van der Waals surface area contributed by atoms with E-state index in [0.29, 0.717) is 6.17 Å². The summed E-state index contributed by atoms with van der Waals surface area (Å²) in [4.78, 5) is 1.48. The van der Waals surface area contributed by atoms with Gasteiger partial charge in [-0.25, -0.2) is 0 Å². The smallest absolute Gasteiger partial charge is 0.0902 e. The highest BCUT2D eigenvalue weighted by Crippen LogP contribution is 2.25. The van der Waals surface area contributed by atoms with E-state index in [-0.39, 0.29) is 0 Å². The molecule has 0 aromatic heterocycles. The van der Waals surface area contributed by atoms with Crippen LogP contribution in [-0.4, -0.2) is 18.6 Å². The first-order chi connectivity index (χ1) is 3.97. The van der Waals surface area contributed by atoms with Crippen LogP contribution >= 0.6 is 11.8 Å². The minimum absolute atomic E-state index is 0.500. The molecule has 2 aliphatic heterocycles. The van der Waals surface area contributed by atoms with E-state index in [4.69, 9.17) is 0 Å². The number of hydrogen-bond donors (Lipinski definition) is 2. The fourth-order valence-corrected chi connectivity index (χ4v) is 1.97.